The Morgan fingerprint density at radius 3 is 2.86 bits per heavy atom. The van der Waals surface area contributed by atoms with Crippen molar-refractivity contribution in [1.82, 2.24) is 9.78 Å². The second kappa shape index (κ2) is 7.77. The van der Waals surface area contributed by atoms with Crippen molar-refractivity contribution in [3.05, 3.63) is 58.7 Å². The van der Waals surface area contributed by atoms with Gasteiger partial charge in [-0.25, -0.2) is 4.68 Å². The van der Waals surface area contributed by atoms with E-state index in [1.807, 2.05) is 24.3 Å². The summed E-state index contributed by atoms with van der Waals surface area (Å²) in [6.07, 6.45) is 1.56. The van der Waals surface area contributed by atoms with Crippen LogP contribution in [0.4, 0.5) is 11.5 Å². The van der Waals surface area contributed by atoms with Crippen LogP contribution in [0.15, 0.2) is 48.7 Å². The molecule has 2 aromatic carbocycles. The average Bonchev–Trinajstić information content (AvgIpc) is 3.25. The number of hydrogen-bond donors (Lipinski definition) is 2. The van der Waals surface area contributed by atoms with Crippen LogP contribution in [0.5, 0.6) is 5.75 Å². The summed E-state index contributed by atoms with van der Waals surface area (Å²) in [5.41, 5.74) is 1.99. The molecular weight excluding hydrogens is 415 g/mol. The fourth-order valence-electron chi connectivity index (χ4n) is 3.19. The Morgan fingerprint density at radius 2 is 2.07 bits per heavy atom. The summed E-state index contributed by atoms with van der Waals surface area (Å²) in [4.78, 5) is 25.0. The molecule has 0 fully saturated rings. The monoisotopic (exact) mass is 430 g/mol. The van der Waals surface area contributed by atoms with Gasteiger partial charge in [-0.3, -0.25) is 9.59 Å². The summed E-state index contributed by atoms with van der Waals surface area (Å²) in [6, 6.07) is 11.6. The molecule has 148 valence electrons. The molecule has 0 saturated carbocycles. The van der Waals surface area contributed by atoms with Crippen molar-refractivity contribution in [2.24, 2.45) is 0 Å². The maximum atomic E-state index is 12.5. The number of nitrogens with one attached hydrogen (secondary N) is 2. The lowest BCUT2D eigenvalue weighted by Crippen LogP contribution is -2.23. The van der Waals surface area contributed by atoms with Gasteiger partial charge in [0.05, 0.1) is 35.5 Å². The highest BCUT2D eigenvalue weighted by molar-refractivity contribution is 6.44. The van der Waals surface area contributed by atoms with Gasteiger partial charge in [-0.15, -0.1) is 0 Å². The van der Waals surface area contributed by atoms with E-state index in [2.05, 4.69) is 15.7 Å². The smallest absolute Gasteiger partial charge is 0.251 e. The molecular formula is C20H16Cl2N4O3. The highest BCUT2D eigenvalue weighted by Crippen LogP contribution is 2.37. The molecule has 0 radical (unpaired) electrons. The van der Waals surface area contributed by atoms with E-state index in [1.54, 1.807) is 31.5 Å². The van der Waals surface area contributed by atoms with Crippen LogP contribution in [-0.2, 0) is 9.59 Å². The molecule has 4 rings (SSSR count). The van der Waals surface area contributed by atoms with Gasteiger partial charge in [-0.05, 0) is 29.8 Å². The summed E-state index contributed by atoms with van der Waals surface area (Å²) >= 11 is 12.1. The van der Waals surface area contributed by atoms with Crippen molar-refractivity contribution in [3.8, 4) is 16.9 Å². The second-order valence-electron chi connectivity index (χ2n) is 6.44. The topological polar surface area (TPSA) is 85.2 Å². The van der Waals surface area contributed by atoms with E-state index < -0.39 is 6.04 Å². The molecule has 1 unspecified atom stereocenters. The van der Waals surface area contributed by atoms with E-state index in [9.17, 15) is 9.59 Å². The SMILES string of the molecule is COc1cccc(-c2cnn3c2NC(=O)C3CC(=O)Nc2cccc(Cl)c2Cl)c1. The number of amides is 2. The Balaban J connectivity index is 1.55. The highest BCUT2D eigenvalue weighted by Gasteiger charge is 2.35. The molecule has 0 saturated heterocycles. The lowest BCUT2D eigenvalue weighted by Gasteiger charge is -2.11. The predicted molar refractivity (Wildman–Crippen MR) is 112 cm³/mol. The summed E-state index contributed by atoms with van der Waals surface area (Å²) in [7, 11) is 1.59. The zero-order valence-electron chi connectivity index (χ0n) is 15.3. The number of halogens is 2. The number of aromatic nitrogens is 2. The summed E-state index contributed by atoms with van der Waals surface area (Å²) < 4.78 is 6.78. The van der Waals surface area contributed by atoms with Crippen molar-refractivity contribution in [1.29, 1.82) is 0 Å². The first-order valence-corrected chi connectivity index (χ1v) is 9.50. The minimum atomic E-state index is -0.762. The van der Waals surface area contributed by atoms with Gasteiger partial charge < -0.3 is 15.4 Å². The highest BCUT2D eigenvalue weighted by atomic mass is 35.5. The third kappa shape index (κ3) is 3.66. The number of rotatable bonds is 5. The number of ether oxygens (including phenoxy) is 1. The van der Waals surface area contributed by atoms with Crippen LogP contribution in [-0.4, -0.2) is 28.7 Å². The molecule has 9 heteroatoms. The zero-order valence-corrected chi connectivity index (χ0v) is 16.8. The van der Waals surface area contributed by atoms with Gasteiger partial charge in [0.2, 0.25) is 5.91 Å². The van der Waals surface area contributed by atoms with Crippen LogP contribution < -0.4 is 15.4 Å². The van der Waals surface area contributed by atoms with E-state index >= 15 is 0 Å². The molecule has 0 bridgehead atoms. The molecule has 2 heterocycles. The number of carbonyl (C=O) groups is 2. The first-order chi connectivity index (χ1) is 14.0. The number of benzene rings is 2. The second-order valence-corrected chi connectivity index (χ2v) is 7.23. The largest absolute Gasteiger partial charge is 0.497 e. The Kier molecular flexibility index (Phi) is 5.17. The van der Waals surface area contributed by atoms with Gasteiger partial charge in [-0.1, -0.05) is 41.4 Å². The quantitative estimate of drug-likeness (QED) is 0.628. The van der Waals surface area contributed by atoms with Crippen LogP contribution in [0.3, 0.4) is 0 Å². The van der Waals surface area contributed by atoms with Gasteiger partial charge >= 0.3 is 0 Å². The molecule has 1 aromatic heterocycles. The maximum absolute atomic E-state index is 12.5. The van der Waals surface area contributed by atoms with E-state index in [4.69, 9.17) is 27.9 Å². The molecule has 2 amide bonds. The third-order valence-electron chi connectivity index (χ3n) is 4.62. The first-order valence-electron chi connectivity index (χ1n) is 8.74. The summed E-state index contributed by atoms with van der Waals surface area (Å²) in [5, 5.41) is 10.4. The number of methoxy groups -OCH3 is 1. The van der Waals surface area contributed by atoms with Crippen molar-refractivity contribution in [2.75, 3.05) is 17.7 Å². The number of carbonyl (C=O) groups excluding carboxylic acids is 2. The summed E-state index contributed by atoms with van der Waals surface area (Å²) in [5.74, 6) is 0.563. The van der Waals surface area contributed by atoms with E-state index in [-0.39, 0.29) is 23.3 Å². The maximum Gasteiger partial charge on any atom is 0.251 e. The van der Waals surface area contributed by atoms with Crippen molar-refractivity contribution in [3.63, 3.8) is 0 Å². The van der Waals surface area contributed by atoms with Gasteiger partial charge in [0, 0.05) is 5.56 Å². The molecule has 0 aliphatic carbocycles. The Morgan fingerprint density at radius 1 is 1.28 bits per heavy atom. The molecule has 0 spiro atoms. The van der Waals surface area contributed by atoms with Crippen molar-refractivity contribution >= 4 is 46.5 Å². The van der Waals surface area contributed by atoms with Crippen LogP contribution >= 0.6 is 23.2 Å². The Labute approximate surface area is 176 Å². The molecule has 2 N–H and O–H groups in total. The fourth-order valence-corrected chi connectivity index (χ4v) is 3.54. The molecule has 7 nitrogen and oxygen atoms in total. The minimum Gasteiger partial charge on any atom is -0.497 e. The van der Waals surface area contributed by atoms with Gasteiger partial charge in [0.25, 0.3) is 5.91 Å². The fraction of sp³-hybridized carbons (Fsp3) is 0.150. The minimum absolute atomic E-state index is 0.0963. The third-order valence-corrected chi connectivity index (χ3v) is 5.44. The predicted octanol–water partition coefficient (Wildman–Crippen LogP) is 4.39. The number of anilines is 2. The lowest BCUT2D eigenvalue weighted by atomic mass is 10.1. The van der Waals surface area contributed by atoms with Gasteiger partial charge in [-0.2, -0.15) is 5.10 Å². The Bertz CT molecular complexity index is 1110. The number of nitrogens with zero attached hydrogens (tertiary/aromatic N) is 2. The lowest BCUT2D eigenvalue weighted by molar-refractivity contribution is -0.123. The molecule has 29 heavy (non-hydrogen) atoms. The van der Waals surface area contributed by atoms with Crippen LogP contribution in [0.1, 0.15) is 12.5 Å². The normalized spacial score (nSPS) is 15.0. The zero-order chi connectivity index (χ0) is 20.5. The van der Waals surface area contributed by atoms with Crippen molar-refractivity contribution < 1.29 is 14.3 Å². The van der Waals surface area contributed by atoms with E-state index in [1.165, 1.54) is 4.68 Å². The average molecular weight is 431 g/mol. The van der Waals surface area contributed by atoms with Crippen LogP contribution in [0, 0.1) is 0 Å². The molecule has 1 aliphatic rings. The van der Waals surface area contributed by atoms with Gasteiger partial charge in [0.15, 0.2) is 0 Å². The molecule has 1 aliphatic heterocycles. The molecule has 1 atom stereocenters. The van der Waals surface area contributed by atoms with E-state index in [0.29, 0.717) is 22.3 Å². The number of hydrogen-bond acceptors (Lipinski definition) is 4. The van der Waals surface area contributed by atoms with E-state index in [0.717, 1.165) is 11.1 Å². The Hall–Kier alpha value is -3.03. The standard InChI is InChI=1S/C20H16Cl2N4O3/c1-29-12-5-2-4-11(8-12)13-10-23-26-16(20(28)25-19(13)26)9-17(27)24-15-7-3-6-14(21)18(15)22/h2-8,10,16H,9H2,1H3,(H,24,27)(H,25,28). The first kappa shape index (κ1) is 19.3. The van der Waals surface area contributed by atoms with Crippen LogP contribution in [0.2, 0.25) is 10.0 Å². The van der Waals surface area contributed by atoms with Crippen LogP contribution in [0.25, 0.3) is 11.1 Å². The molecule has 3 aromatic rings. The summed E-state index contributed by atoms with van der Waals surface area (Å²) in [6.45, 7) is 0. The van der Waals surface area contributed by atoms with Gasteiger partial charge in [0.1, 0.15) is 17.6 Å². The number of fused-ring (bicyclic) bond motifs is 1. The van der Waals surface area contributed by atoms with Crippen molar-refractivity contribution in [2.45, 2.75) is 12.5 Å².